The lowest BCUT2D eigenvalue weighted by Crippen LogP contribution is -2.22. The van der Waals surface area contributed by atoms with Gasteiger partial charge < -0.3 is 9.84 Å². The number of carbonyl (C=O) groups is 2. The van der Waals surface area contributed by atoms with E-state index in [4.69, 9.17) is 4.74 Å². The summed E-state index contributed by atoms with van der Waals surface area (Å²) in [6.45, 7) is 3.48. The van der Waals surface area contributed by atoms with Crippen LogP contribution < -0.4 is 0 Å². The molecule has 0 saturated heterocycles. The highest BCUT2D eigenvalue weighted by atomic mass is 32.2. The van der Waals surface area contributed by atoms with Crippen molar-refractivity contribution in [1.29, 1.82) is 0 Å². The van der Waals surface area contributed by atoms with E-state index in [1.165, 1.54) is 36.4 Å². The van der Waals surface area contributed by atoms with Gasteiger partial charge in [0.15, 0.2) is 0 Å². The predicted octanol–water partition coefficient (Wildman–Crippen LogP) is 2.97. The van der Waals surface area contributed by atoms with E-state index in [9.17, 15) is 40.6 Å². The van der Waals surface area contributed by atoms with Gasteiger partial charge in [0.1, 0.15) is 6.61 Å². The number of ether oxygens (including phenoxy) is 1. The van der Waals surface area contributed by atoms with E-state index in [1.807, 2.05) is 13.8 Å². The van der Waals surface area contributed by atoms with Crippen molar-refractivity contribution in [3.8, 4) is 11.1 Å². The van der Waals surface area contributed by atoms with E-state index >= 15 is 0 Å². The van der Waals surface area contributed by atoms with E-state index in [2.05, 4.69) is 0 Å². The maximum atomic E-state index is 12.4. The zero-order valence-electron chi connectivity index (χ0n) is 18.3. The summed E-state index contributed by atoms with van der Waals surface area (Å²) >= 11 is 0. The van der Waals surface area contributed by atoms with Gasteiger partial charge >= 0.3 is 11.9 Å². The second-order valence-corrected chi connectivity index (χ2v) is 11.4. The van der Waals surface area contributed by atoms with Crippen LogP contribution in [0.3, 0.4) is 0 Å². The van der Waals surface area contributed by atoms with Crippen LogP contribution in [0.15, 0.2) is 46.2 Å². The number of fused-ring (bicyclic) bond motifs is 3. The topological polar surface area (TPSA) is 172 Å². The van der Waals surface area contributed by atoms with Gasteiger partial charge in [-0.1, -0.05) is 26.0 Å². The molecule has 10 nitrogen and oxygen atoms in total. The van der Waals surface area contributed by atoms with Crippen molar-refractivity contribution < 1.29 is 45.4 Å². The first kappa shape index (κ1) is 25.8. The zero-order valence-corrected chi connectivity index (χ0v) is 20.0. The molecular formula is C22H24O10S2. The number of esters is 1. The Morgan fingerprint density at radius 1 is 0.912 bits per heavy atom. The first-order valence-corrected chi connectivity index (χ1v) is 13.2. The van der Waals surface area contributed by atoms with Crippen molar-refractivity contribution in [3.63, 3.8) is 0 Å². The third kappa shape index (κ3) is 5.63. The number of carboxylic acids is 1. The fourth-order valence-corrected chi connectivity index (χ4v) is 5.10. The largest absolute Gasteiger partial charge is 0.481 e. The summed E-state index contributed by atoms with van der Waals surface area (Å²) in [7, 11) is -9.10. The highest BCUT2D eigenvalue weighted by Gasteiger charge is 2.33. The Morgan fingerprint density at radius 3 is 1.76 bits per heavy atom. The lowest BCUT2D eigenvalue weighted by Gasteiger charge is -2.17. The molecule has 0 heterocycles. The Labute approximate surface area is 197 Å². The van der Waals surface area contributed by atoms with Crippen molar-refractivity contribution in [3.05, 3.63) is 47.5 Å². The number of rotatable bonds is 9. The first-order chi connectivity index (χ1) is 15.7. The number of hydrogen-bond acceptors (Lipinski definition) is 7. The molecule has 0 radical (unpaired) electrons. The van der Waals surface area contributed by atoms with Crippen LogP contribution in [0.2, 0.25) is 0 Å². The molecule has 12 heteroatoms. The minimum Gasteiger partial charge on any atom is -0.481 e. The van der Waals surface area contributed by atoms with Gasteiger partial charge in [-0.15, -0.1) is 0 Å². The molecule has 2 aromatic rings. The van der Waals surface area contributed by atoms with Crippen LogP contribution in [0.5, 0.6) is 0 Å². The SMILES string of the molecule is CC(C)C[C@H](CC(=O)OCC1c2ccc(S(=O)(=O)O)cc2-c2cc(S(=O)(=O)O)ccc21)C(=O)O. The summed E-state index contributed by atoms with van der Waals surface area (Å²) < 4.78 is 70.6. The lowest BCUT2D eigenvalue weighted by molar-refractivity contribution is -0.152. The molecule has 1 aliphatic carbocycles. The Bertz CT molecular complexity index is 1260. The van der Waals surface area contributed by atoms with Crippen LogP contribution in [0, 0.1) is 11.8 Å². The summed E-state index contributed by atoms with van der Waals surface area (Å²) in [6.07, 6.45) is -0.0142. The Hall–Kier alpha value is -2.80. The van der Waals surface area contributed by atoms with Crippen molar-refractivity contribution in [2.24, 2.45) is 11.8 Å². The van der Waals surface area contributed by atoms with Gasteiger partial charge in [0.05, 0.1) is 22.1 Å². The molecule has 0 spiro atoms. The summed E-state index contributed by atoms with van der Waals surface area (Å²) in [5, 5.41) is 9.35. The molecule has 0 aliphatic heterocycles. The maximum Gasteiger partial charge on any atom is 0.307 e. The van der Waals surface area contributed by atoms with Crippen LogP contribution in [0.4, 0.5) is 0 Å². The van der Waals surface area contributed by atoms with Gasteiger partial charge in [0, 0.05) is 5.92 Å². The summed E-state index contributed by atoms with van der Waals surface area (Å²) in [5.74, 6) is -3.25. The predicted molar refractivity (Wildman–Crippen MR) is 120 cm³/mol. The number of benzene rings is 2. The van der Waals surface area contributed by atoms with E-state index in [1.54, 1.807) is 0 Å². The van der Waals surface area contributed by atoms with E-state index in [-0.39, 0.29) is 18.9 Å². The second kappa shape index (κ2) is 9.45. The molecule has 184 valence electrons. The summed E-state index contributed by atoms with van der Waals surface area (Å²) in [6, 6.07) is 7.51. The summed E-state index contributed by atoms with van der Waals surface area (Å²) in [5.41, 5.74) is 1.61. The molecule has 34 heavy (non-hydrogen) atoms. The van der Waals surface area contributed by atoms with Gasteiger partial charge in [-0.2, -0.15) is 16.8 Å². The van der Waals surface area contributed by atoms with E-state index in [0.29, 0.717) is 28.7 Å². The molecule has 0 unspecified atom stereocenters. The molecule has 0 aromatic heterocycles. The highest BCUT2D eigenvalue weighted by molar-refractivity contribution is 7.86. The normalized spacial score (nSPS) is 14.5. The van der Waals surface area contributed by atoms with Gasteiger partial charge in [-0.25, -0.2) is 0 Å². The van der Waals surface area contributed by atoms with Gasteiger partial charge in [-0.05, 0) is 58.9 Å². The maximum absolute atomic E-state index is 12.4. The van der Waals surface area contributed by atoms with E-state index < -0.39 is 53.8 Å². The zero-order chi connectivity index (χ0) is 25.4. The minimum atomic E-state index is -4.55. The molecule has 0 bridgehead atoms. The average Bonchev–Trinajstić information content (AvgIpc) is 3.02. The Balaban J connectivity index is 1.94. The van der Waals surface area contributed by atoms with Crippen LogP contribution in [-0.4, -0.2) is 49.6 Å². The molecule has 2 aromatic carbocycles. The van der Waals surface area contributed by atoms with Gasteiger partial charge in [0.25, 0.3) is 20.2 Å². The third-order valence-electron chi connectivity index (χ3n) is 5.62. The van der Waals surface area contributed by atoms with Crippen LogP contribution in [-0.2, 0) is 34.6 Å². The molecule has 0 saturated carbocycles. The van der Waals surface area contributed by atoms with Gasteiger partial charge in [0.2, 0.25) is 0 Å². The number of hydrogen-bond donors (Lipinski definition) is 3. The molecule has 0 amide bonds. The standard InChI is InChI=1S/C22H24O10S2/c1-12(2)7-13(22(24)25)8-21(23)32-11-20-16-5-3-14(33(26,27)28)9-18(16)19-10-15(34(29,30)31)4-6-17(19)20/h3-6,9-10,12-13,20H,7-8,11H2,1-2H3,(H,24,25)(H,26,27,28)(H,29,30,31)/t13-/m1/s1. The highest BCUT2D eigenvalue weighted by Crippen LogP contribution is 2.46. The first-order valence-electron chi connectivity index (χ1n) is 10.3. The smallest absolute Gasteiger partial charge is 0.307 e. The number of carboxylic acid groups (broad SMARTS) is 1. The summed E-state index contributed by atoms with van der Waals surface area (Å²) in [4.78, 5) is 23.0. The monoisotopic (exact) mass is 512 g/mol. The fourth-order valence-electron chi connectivity index (χ4n) is 4.09. The molecule has 0 fully saturated rings. The molecule has 3 rings (SSSR count). The van der Waals surface area contributed by atoms with Gasteiger partial charge in [-0.3, -0.25) is 18.7 Å². The van der Waals surface area contributed by atoms with Crippen LogP contribution in [0.25, 0.3) is 11.1 Å². The van der Waals surface area contributed by atoms with Crippen molar-refractivity contribution in [2.75, 3.05) is 6.61 Å². The molecule has 1 atom stereocenters. The number of aliphatic carboxylic acids is 1. The van der Waals surface area contributed by atoms with Crippen molar-refractivity contribution in [1.82, 2.24) is 0 Å². The Kier molecular flexibility index (Phi) is 7.18. The molecule has 1 aliphatic rings. The van der Waals surface area contributed by atoms with Crippen LogP contribution >= 0.6 is 0 Å². The van der Waals surface area contributed by atoms with Crippen molar-refractivity contribution in [2.45, 2.75) is 42.4 Å². The third-order valence-corrected chi connectivity index (χ3v) is 7.31. The minimum absolute atomic E-state index is 0.0662. The number of carbonyl (C=O) groups excluding carboxylic acids is 1. The van der Waals surface area contributed by atoms with Crippen molar-refractivity contribution >= 4 is 32.2 Å². The average molecular weight is 513 g/mol. The molecule has 3 N–H and O–H groups in total. The van der Waals surface area contributed by atoms with Crippen LogP contribution in [0.1, 0.15) is 43.7 Å². The molecular weight excluding hydrogens is 488 g/mol. The fraction of sp³-hybridized carbons (Fsp3) is 0.364. The quantitative estimate of drug-likeness (QED) is 0.335. The second-order valence-electron chi connectivity index (χ2n) is 8.55. The Morgan fingerprint density at radius 2 is 1.38 bits per heavy atom. The van der Waals surface area contributed by atoms with E-state index in [0.717, 1.165) is 0 Å². The lowest BCUT2D eigenvalue weighted by atomic mass is 9.94.